The van der Waals surface area contributed by atoms with Gasteiger partial charge in [0.25, 0.3) is 0 Å². The zero-order valence-electron chi connectivity index (χ0n) is 35.3. The number of rotatable bonds is 12. The number of nitrogens with zero attached hydrogens (tertiary/aromatic N) is 3. The fourth-order valence-electron chi connectivity index (χ4n) is 9.62. The number of pyridine rings is 1. The number of aromatic nitrogens is 1. The first-order valence-electron chi connectivity index (χ1n) is 20.7. The molecule has 0 bridgehead atoms. The van der Waals surface area contributed by atoms with E-state index in [0.29, 0.717) is 72.3 Å². The van der Waals surface area contributed by atoms with Crippen LogP contribution in [0.1, 0.15) is 112 Å². The second-order valence-electron chi connectivity index (χ2n) is 17.1. The summed E-state index contributed by atoms with van der Waals surface area (Å²) in [6.45, 7) is 14.7. The fraction of sp³-hybridized carbons (Fsp3) is 0.682. The van der Waals surface area contributed by atoms with Gasteiger partial charge in [0.05, 0.1) is 40.8 Å². The molecule has 1 saturated carbocycles. The largest absolute Gasteiger partial charge is 0.493 e. The highest BCUT2D eigenvalue weighted by Gasteiger charge is 2.59. The quantitative estimate of drug-likeness (QED) is 0.192. The van der Waals surface area contributed by atoms with E-state index >= 15 is 0 Å². The van der Waals surface area contributed by atoms with E-state index in [-0.39, 0.29) is 42.2 Å². The van der Waals surface area contributed by atoms with Crippen molar-refractivity contribution in [3.05, 3.63) is 46.2 Å². The van der Waals surface area contributed by atoms with Crippen LogP contribution in [0, 0.1) is 23.7 Å². The molecule has 2 aliphatic heterocycles. The Balaban J connectivity index is 1.47. The van der Waals surface area contributed by atoms with Gasteiger partial charge in [-0.15, -0.1) is 0 Å². The van der Waals surface area contributed by atoms with Crippen LogP contribution in [-0.4, -0.2) is 84.5 Å². The number of cyclic esters (lactones) is 1. The molecule has 1 aromatic carbocycles. The Morgan fingerprint density at radius 1 is 0.965 bits per heavy atom. The van der Waals surface area contributed by atoms with E-state index in [1.807, 2.05) is 59.7 Å². The minimum atomic E-state index is -1.28. The van der Waals surface area contributed by atoms with Crippen LogP contribution in [0.5, 0.6) is 11.5 Å². The average molecular weight is 833 g/mol. The molecule has 1 aromatic heterocycles. The van der Waals surface area contributed by atoms with Gasteiger partial charge in [-0.25, -0.2) is 4.79 Å². The lowest BCUT2D eigenvalue weighted by molar-refractivity contribution is -0.170. The van der Waals surface area contributed by atoms with Gasteiger partial charge in [-0.1, -0.05) is 57.8 Å². The number of fused-ring (bicyclic) bond motifs is 1. The van der Waals surface area contributed by atoms with Crippen LogP contribution in [0.15, 0.2) is 30.6 Å². The lowest BCUT2D eigenvalue weighted by atomic mass is 9.74. The maximum absolute atomic E-state index is 14.5. The summed E-state index contributed by atoms with van der Waals surface area (Å²) in [5, 5.41) is 0.883. The number of esters is 1. The maximum Gasteiger partial charge on any atom is 0.410 e. The second-order valence-corrected chi connectivity index (χ2v) is 18.0. The highest BCUT2D eigenvalue weighted by atomic mass is 35.5. The molecule has 2 saturated heterocycles. The second kappa shape index (κ2) is 19.2. The molecule has 1 aliphatic carbocycles. The van der Waals surface area contributed by atoms with Gasteiger partial charge in [0.15, 0.2) is 17.1 Å². The summed E-state index contributed by atoms with van der Waals surface area (Å²) in [6.07, 6.45) is 8.92. The first-order chi connectivity index (χ1) is 27.0. The van der Waals surface area contributed by atoms with E-state index in [1.54, 1.807) is 31.5 Å². The molecule has 8 unspecified atom stereocenters. The van der Waals surface area contributed by atoms with E-state index in [0.717, 1.165) is 31.4 Å². The van der Waals surface area contributed by atoms with Crippen molar-refractivity contribution in [2.75, 3.05) is 32.2 Å². The third-order valence-electron chi connectivity index (χ3n) is 12.5. The molecule has 3 fully saturated rings. The van der Waals surface area contributed by atoms with Crippen molar-refractivity contribution in [3.63, 3.8) is 0 Å². The molecule has 8 atom stereocenters. The smallest absolute Gasteiger partial charge is 0.410 e. The summed E-state index contributed by atoms with van der Waals surface area (Å²) in [6, 6.07) is 5.16. The molecule has 0 N–H and O–H groups in total. The predicted octanol–water partition coefficient (Wildman–Crippen LogP) is 9.72. The normalized spacial score (nSPS) is 30.4. The third-order valence-corrected chi connectivity index (χ3v) is 13.2. The van der Waals surface area contributed by atoms with Gasteiger partial charge >= 0.3 is 12.1 Å². The molecule has 2 aromatic rings. The van der Waals surface area contributed by atoms with Crippen molar-refractivity contribution < 1.29 is 38.1 Å². The Labute approximate surface area is 349 Å². The molecule has 3 heterocycles. The number of benzene rings is 1. The number of methoxy groups -OCH3 is 2. The van der Waals surface area contributed by atoms with Crippen molar-refractivity contribution in [1.29, 1.82) is 0 Å². The lowest BCUT2D eigenvalue weighted by Crippen LogP contribution is -2.57. The number of hydrogen-bond acceptors (Lipinski definition) is 10. The summed E-state index contributed by atoms with van der Waals surface area (Å²) >= 11 is 13.3. The number of anilines is 1. The van der Waals surface area contributed by atoms with Crippen molar-refractivity contribution in [2.24, 2.45) is 23.7 Å². The van der Waals surface area contributed by atoms with Crippen LogP contribution in [0.3, 0.4) is 0 Å². The SMILES string of the molecule is CCC1OC(=O)C(C)CC(C)CC(C)(OC)CC(C)C(=O)C(C)C2N(CCCN(Cc3c(Cl)cncc3Cl)c3ccc(OC)c(OC4CCCC4)c3)C(=O)OC12C. The highest BCUT2D eigenvalue weighted by molar-refractivity contribution is 6.35. The molecule has 3 aliphatic rings. The number of ketones is 1. The summed E-state index contributed by atoms with van der Waals surface area (Å²) in [5.74, 6) is -0.244. The van der Waals surface area contributed by atoms with Crippen molar-refractivity contribution in [1.82, 2.24) is 9.88 Å². The molecule has 11 nitrogen and oxygen atoms in total. The van der Waals surface area contributed by atoms with E-state index in [2.05, 4.69) is 16.8 Å². The Bertz CT molecular complexity index is 1700. The average Bonchev–Trinajstić information content (AvgIpc) is 3.78. The van der Waals surface area contributed by atoms with E-state index < -0.39 is 35.4 Å². The third kappa shape index (κ3) is 10.3. The first-order valence-corrected chi connectivity index (χ1v) is 21.5. The molecular weight excluding hydrogens is 769 g/mol. The molecule has 1 amide bonds. The molecule has 5 rings (SSSR count). The van der Waals surface area contributed by atoms with Gasteiger partial charge in [-0.05, 0) is 89.7 Å². The monoisotopic (exact) mass is 831 g/mol. The molecule has 57 heavy (non-hydrogen) atoms. The number of halogens is 2. The number of Topliss-reactive ketones (excluding diaryl/α,β-unsaturated/α-hetero) is 1. The molecule has 316 valence electrons. The van der Waals surface area contributed by atoms with Gasteiger partial charge in [0.2, 0.25) is 0 Å². The number of ether oxygens (including phenoxy) is 5. The topological polar surface area (TPSA) is 117 Å². The summed E-state index contributed by atoms with van der Waals surface area (Å²) in [4.78, 5) is 50.2. The van der Waals surface area contributed by atoms with Crippen LogP contribution >= 0.6 is 23.2 Å². The van der Waals surface area contributed by atoms with Gasteiger partial charge < -0.3 is 33.5 Å². The Morgan fingerprint density at radius 2 is 1.65 bits per heavy atom. The van der Waals surface area contributed by atoms with Crippen molar-refractivity contribution >= 4 is 46.7 Å². The zero-order valence-corrected chi connectivity index (χ0v) is 36.8. The standard InChI is InChI=1S/C44H63Cl2N3O8/c1-10-38-44(7)40(30(5)39(50)29(4)23-43(6,54-9)22-27(2)20-28(3)41(51)56-38)49(42(52)57-44)19-13-18-48(26-33-34(45)24-47-25-35(33)46)31-16-17-36(53-8)37(21-31)55-32-14-11-12-15-32/h16-17,21,24-25,27-30,32,38,40H,10-15,18-20,22-23,26H2,1-9H3. The van der Waals surface area contributed by atoms with Crippen LogP contribution in [0.2, 0.25) is 10.0 Å². The molecule has 0 spiro atoms. The summed E-state index contributed by atoms with van der Waals surface area (Å²) in [5.41, 5.74) is -0.281. The Morgan fingerprint density at radius 3 is 2.28 bits per heavy atom. The maximum atomic E-state index is 14.5. The molecule has 13 heteroatoms. The summed E-state index contributed by atoms with van der Waals surface area (Å²) in [7, 11) is 3.31. The van der Waals surface area contributed by atoms with Crippen LogP contribution in [0.25, 0.3) is 0 Å². The van der Waals surface area contributed by atoms with Crippen molar-refractivity contribution in [3.8, 4) is 11.5 Å². The minimum absolute atomic E-state index is 0.00804. The number of carbonyl (C=O) groups is 3. The Kier molecular flexibility index (Phi) is 15.1. The number of carbonyl (C=O) groups excluding carboxylic acids is 3. The van der Waals surface area contributed by atoms with Gasteiger partial charge in [-0.2, -0.15) is 0 Å². The minimum Gasteiger partial charge on any atom is -0.493 e. The highest BCUT2D eigenvalue weighted by Crippen LogP contribution is 2.43. The Hall–Kier alpha value is -3.28. The van der Waals surface area contributed by atoms with Crippen LogP contribution in [0.4, 0.5) is 10.5 Å². The van der Waals surface area contributed by atoms with E-state index in [9.17, 15) is 14.4 Å². The predicted molar refractivity (Wildman–Crippen MR) is 222 cm³/mol. The first kappa shape index (κ1) is 44.8. The van der Waals surface area contributed by atoms with Gasteiger partial charge in [0, 0.05) is 68.3 Å². The van der Waals surface area contributed by atoms with Crippen molar-refractivity contribution in [2.45, 2.75) is 142 Å². The molecular formula is C44H63Cl2N3O8. The van der Waals surface area contributed by atoms with Gasteiger partial charge in [0.1, 0.15) is 11.9 Å². The number of hydrogen-bond donors (Lipinski definition) is 0. The summed E-state index contributed by atoms with van der Waals surface area (Å²) < 4.78 is 30.7. The molecule has 0 radical (unpaired) electrons. The zero-order chi connectivity index (χ0) is 41.7. The van der Waals surface area contributed by atoms with Crippen LogP contribution < -0.4 is 14.4 Å². The van der Waals surface area contributed by atoms with Crippen LogP contribution in [-0.2, 0) is 30.3 Å². The van der Waals surface area contributed by atoms with E-state index in [4.69, 9.17) is 46.9 Å². The lowest BCUT2D eigenvalue weighted by Gasteiger charge is -2.41. The number of amides is 1. The van der Waals surface area contributed by atoms with E-state index in [1.165, 1.54) is 0 Å². The van der Waals surface area contributed by atoms with Gasteiger partial charge in [-0.3, -0.25) is 14.6 Å². The fourth-order valence-corrected chi connectivity index (χ4v) is 10.1.